The summed E-state index contributed by atoms with van der Waals surface area (Å²) in [5.74, 6) is 0. The van der Waals surface area contributed by atoms with Gasteiger partial charge in [-0.25, -0.2) is 0 Å². The molecule has 0 amide bonds. The van der Waals surface area contributed by atoms with Crippen LogP contribution in [0.15, 0.2) is 441 Å². The molecule has 117 heavy (non-hydrogen) atoms. The van der Waals surface area contributed by atoms with Gasteiger partial charge in [0.05, 0.1) is 27.5 Å². The molecule has 0 radical (unpaired) electrons. The van der Waals surface area contributed by atoms with Crippen molar-refractivity contribution in [3.05, 3.63) is 470 Å². The largest absolute Gasteiger partial charge is 0.455 e. The molecule has 0 aliphatic heterocycles. The molecule has 5 nitrogen and oxygen atoms in total. The Hall–Kier alpha value is -15.0. The highest BCUT2D eigenvalue weighted by molar-refractivity contribution is 6.14. The monoisotopic (exact) mass is 1490 g/mol. The number of furan rings is 1. The van der Waals surface area contributed by atoms with Gasteiger partial charge in [-0.3, -0.25) is 0 Å². The average Bonchev–Trinajstić information content (AvgIpc) is 1.54. The van der Waals surface area contributed by atoms with E-state index in [1.807, 2.05) is 12.1 Å². The van der Waals surface area contributed by atoms with E-state index >= 15 is 0 Å². The van der Waals surface area contributed by atoms with Crippen molar-refractivity contribution in [2.75, 3.05) is 9.80 Å². The van der Waals surface area contributed by atoms with E-state index in [0.29, 0.717) is 0 Å². The van der Waals surface area contributed by atoms with Crippen LogP contribution in [-0.2, 0) is 10.8 Å². The number of fused-ring (bicyclic) bond motifs is 15. The Morgan fingerprint density at radius 1 is 0.222 bits per heavy atom. The number of nitrogens with zero attached hydrogens (tertiary/aromatic N) is 4. The van der Waals surface area contributed by atoms with Crippen LogP contribution < -0.4 is 9.80 Å². The minimum atomic E-state index is -0.505. The Labute approximate surface area is 680 Å². The van der Waals surface area contributed by atoms with Gasteiger partial charge < -0.3 is 23.4 Å². The second-order valence-corrected chi connectivity index (χ2v) is 31.4. The number of para-hydroxylation sites is 6. The van der Waals surface area contributed by atoms with Crippen molar-refractivity contribution in [1.82, 2.24) is 9.13 Å². The zero-order chi connectivity index (χ0) is 77.7. The first-order valence-electron chi connectivity index (χ1n) is 40.4. The van der Waals surface area contributed by atoms with Gasteiger partial charge in [0, 0.05) is 88.8 Å². The SMILES string of the molecule is CC1(C)c2ccccc2-c2ccc(N(c3ccccc3)c3ccc(-c4ccc5c(c4)c4cc(-c6ccccc6)ccc4n5-c4ccccc4)cc3)cc21.c1ccc(N(c2ccc3c(c2)C(c2ccccc2)(c2ccccc2)c2ccccc2-3)c2ccc3c(c2)c2ccccc2n3-c2cccc(-c3cccc4c3oc3ccccc34)c2)cc1. The molecule has 0 atom stereocenters. The predicted molar refractivity (Wildman–Crippen MR) is 489 cm³/mol. The zero-order valence-electron chi connectivity index (χ0n) is 64.8. The van der Waals surface area contributed by atoms with Gasteiger partial charge in [-0.15, -0.1) is 0 Å². The predicted octanol–water partition coefficient (Wildman–Crippen LogP) is 30.1. The first kappa shape index (κ1) is 68.7. The lowest BCUT2D eigenvalue weighted by molar-refractivity contribution is 0.660. The Kier molecular flexibility index (Phi) is 16.4. The molecule has 0 fully saturated rings. The number of hydrogen-bond donors (Lipinski definition) is 0. The summed E-state index contributed by atoms with van der Waals surface area (Å²) in [5.41, 5.74) is 35.0. The summed E-state index contributed by atoms with van der Waals surface area (Å²) in [6.07, 6.45) is 0. The summed E-state index contributed by atoms with van der Waals surface area (Å²) in [6.45, 7) is 4.69. The summed E-state index contributed by atoms with van der Waals surface area (Å²) < 4.78 is 11.3. The Bertz CT molecular complexity index is 7350. The second-order valence-electron chi connectivity index (χ2n) is 31.4. The van der Waals surface area contributed by atoms with Crippen molar-refractivity contribution in [1.29, 1.82) is 0 Å². The van der Waals surface area contributed by atoms with E-state index in [9.17, 15) is 0 Å². The van der Waals surface area contributed by atoms with Crippen LogP contribution in [0.5, 0.6) is 0 Å². The summed E-state index contributed by atoms with van der Waals surface area (Å²) in [6, 6.07) is 159. The fourth-order valence-corrected chi connectivity index (χ4v) is 19.3. The normalized spacial score (nSPS) is 12.8. The van der Waals surface area contributed by atoms with Gasteiger partial charge in [0.25, 0.3) is 0 Å². The van der Waals surface area contributed by atoms with E-state index in [-0.39, 0.29) is 5.41 Å². The number of hydrogen-bond acceptors (Lipinski definition) is 3. The molecular weight excluding hydrogens is 1420 g/mol. The molecule has 18 aromatic carbocycles. The summed E-state index contributed by atoms with van der Waals surface area (Å²) in [5, 5.41) is 7.15. The van der Waals surface area contributed by atoms with Crippen LogP contribution in [0.25, 0.3) is 133 Å². The quantitative estimate of drug-likeness (QED) is 0.115. The highest BCUT2D eigenvalue weighted by Gasteiger charge is 2.46. The third kappa shape index (κ3) is 11.3. The Balaban J connectivity index is 0.000000144. The molecule has 2 aliphatic rings. The van der Waals surface area contributed by atoms with Crippen molar-refractivity contribution in [2.24, 2.45) is 0 Å². The molecule has 0 spiro atoms. The topological polar surface area (TPSA) is 29.5 Å². The molecule has 0 saturated heterocycles. The first-order valence-corrected chi connectivity index (χ1v) is 40.4. The molecule has 0 N–H and O–H groups in total. The van der Waals surface area contributed by atoms with E-state index in [4.69, 9.17) is 4.42 Å². The highest BCUT2D eigenvalue weighted by atomic mass is 16.3. The van der Waals surface area contributed by atoms with Gasteiger partial charge in [0.15, 0.2) is 0 Å². The number of aromatic nitrogens is 2. The third-order valence-corrected chi connectivity index (χ3v) is 24.6. The second kappa shape index (κ2) is 28.0. The van der Waals surface area contributed by atoms with Crippen molar-refractivity contribution < 1.29 is 4.42 Å². The third-order valence-electron chi connectivity index (χ3n) is 24.6. The molecule has 3 aromatic heterocycles. The first-order chi connectivity index (χ1) is 57.8. The van der Waals surface area contributed by atoms with Crippen LogP contribution in [0, 0.1) is 0 Å². The Morgan fingerprint density at radius 3 is 1.26 bits per heavy atom. The van der Waals surface area contributed by atoms with Gasteiger partial charge in [0.1, 0.15) is 11.2 Å². The number of anilines is 6. The number of rotatable bonds is 13. The van der Waals surface area contributed by atoms with Gasteiger partial charge in [-0.2, -0.15) is 0 Å². The molecular formula is C112H78N4O. The summed E-state index contributed by atoms with van der Waals surface area (Å²) in [7, 11) is 0. The lowest BCUT2D eigenvalue weighted by atomic mass is 9.67. The Morgan fingerprint density at radius 2 is 0.615 bits per heavy atom. The van der Waals surface area contributed by atoms with Gasteiger partial charge >= 0.3 is 0 Å². The maximum Gasteiger partial charge on any atom is 0.143 e. The maximum absolute atomic E-state index is 6.50. The molecule has 0 saturated carbocycles. The van der Waals surface area contributed by atoms with Crippen molar-refractivity contribution in [2.45, 2.75) is 24.7 Å². The van der Waals surface area contributed by atoms with Crippen LogP contribution in [-0.4, -0.2) is 9.13 Å². The van der Waals surface area contributed by atoms with Gasteiger partial charge in [-0.1, -0.05) is 311 Å². The molecule has 23 rings (SSSR count). The summed E-state index contributed by atoms with van der Waals surface area (Å²) >= 11 is 0. The standard InChI is InChI=1S/C61H40N2O.C51H38N2/c1-4-19-42(20-5-1)61(43-21-6-2-7-22-43)55-31-13-10-26-49(55)50-36-34-47(40-56(50)61)62(44-23-8-3-9-24-44)46-35-37-58-54(39-46)51-27-11-14-32-57(51)63(58)45-25-16-18-41(38-45)48-29-17-30-53-52-28-12-15-33-59(52)64-60(48)53;1-51(2)47-21-13-12-20-43(47)44-29-28-42(34-48(44)51)52(39-16-8-4-9-17-39)41-26-22-36(23-27-41)38-25-31-50-46(33-38)45-32-37(35-14-6-3-7-15-35)24-30-49(45)53(50)40-18-10-5-11-19-40/h1-40H;3-34H,1-2H3. The minimum Gasteiger partial charge on any atom is -0.455 e. The fourth-order valence-electron chi connectivity index (χ4n) is 19.3. The van der Waals surface area contributed by atoms with E-state index < -0.39 is 5.41 Å². The van der Waals surface area contributed by atoms with Gasteiger partial charge in [-0.05, 0) is 223 Å². The maximum atomic E-state index is 6.50. The van der Waals surface area contributed by atoms with E-state index in [1.165, 1.54) is 110 Å². The molecule has 552 valence electrons. The van der Waals surface area contributed by atoms with Crippen molar-refractivity contribution >= 4 is 99.7 Å². The fraction of sp³-hybridized carbons (Fsp3) is 0.0357. The highest BCUT2D eigenvalue weighted by Crippen LogP contribution is 2.58. The van der Waals surface area contributed by atoms with Crippen LogP contribution in [0.3, 0.4) is 0 Å². The molecule has 21 aromatic rings. The number of benzene rings is 18. The van der Waals surface area contributed by atoms with Gasteiger partial charge in [0.2, 0.25) is 0 Å². The zero-order valence-corrected chi connectivity index (χ0v) is 64.8. The lowest BCUT2D eigenvalue weighted by Gasteiger charge is -2.35. The molecule has 0 unspecified atom stereocenters. The molecule has 0 bridgehead atoms. The molecule has 5 heteroatoms. The average molecular weight is 1500 g/mol. The van der Waals surface area contributed by atoms with Crippen LogP contribution >= 0.6 is 0 Å². The van der Waals surface area contributed by atoms with E-state index in [1.54, 1.807) is 0 Å². The van der Waals surface area contributed by atoms with Crippen molar-refractivity contribution in [3.63, 3.8) is 0 Å². The molecule has 3 heterocycles. The van der Waals surface area contributed by atoms with Crippen LogP contribution in [0.1, 0.15) is 47.2 Å². The van der Waals surface area contributed by atoms with Crippen LogP contribution in [0.4, 0.5) is 34.1 Å². The van der Waals surface area contributed by atoms with Crippen LogP contribution in [0.2, 0.25) is 0 Å². The van der Waals surface area contributed by atoms with E-state index in [0.717, 1.165) is 89.6 Å². The minimum absolute atomic E-state index is 0.0711. The van der Waals surface area contributed by atoms with E-state index in [2.05, 4.69) is 457 Å². The summed E-state index contributed by atoms with van der Waals surface area (Å²) in [4.78, 5) is 4.80. The molecule has 2 aliphatic carbocycles. The smallest absolute Gasteiger partial charge is 0.143 e. The lowest BCUT2D eigenvalue weighted by Crippen LogP contribution is -2.28. The van der Waals surface area contributed by atoms with Crippen molar-refractivity contribution in [3.8, 4) is 67.0 Å².